The summed E-state index contributed by atoms with van der Waals surface area (Å²) in [6.45, 7) is 5.11. The van der Waals surface area contributed by atoms with E-state index >= 15 is 0 Å². The summed E-state index contributed by atoms with van der Waals surface area (Å²) in [6.07, 6.45) is 3.61. The maximum Gasteiger partial charge on any atom is 0.137 e. The average Bonchev–Trinajstić information content (AvgIpc) is 2.28. The molecule has 0 radical (unpaired) electrons. The van der Waals surface area contributed by atoms with Gasteiger partial charge >= 0.3 is 0 Å². The lowest BCUT2D eigenvalue weighted by Gasteiger charge is -2.43. The highest BCUT2D eigenvalue weighted by Crippen LogP contribution is 2.47. The van der Waals surface area contributed by atoms with E-state index in [1.54, 1.807) is 7.11 Å². The molecule has 0 spiro atoms. The number of hydrogen-bond acceptors (Lipinski definition) is 2. The molecule has 1 aromatic rings. The number of ether oxygens (including phenoxy) is 1. The average molecular weight is 268 g/mol. The third-order valence-corrected chi connectivity index (χ3v) is 4.51. The lowest BCUT2D eigenvalue weighted by molar-refractivity contribution is 0.250. The molecule has 18 heavy (non-hydrogen) atoms. The zero-order chi connectivity index (χ0) is 13.3. The third-order valence-electron chi connectivity index (χ3n) is 4.22. The van der Waals surface area contributed by atoms with Crippen LogP contribution in [-0.4, -0.2) is 13.7 Å². The molecule has 0 amide bonds. The van der Waals surface area contributed by atoms with Crippen molar-refractivity contribution in [2.75, 3.05) is 13.7 Å². The molecule has 0 heterocycles. The summed E-state index contributed by atoms with van der Waals surface area (Å²) in [5.41, 5.74) is 8.82. The van der Waals surface area contributed by atoms with Crippen LogP contribution < -0.4 is 10.5 Å². The van der Waals surface area contributed by atoms with Crippen molar-refractivity contribution < 1.29 is 4.74 Å². The van der Waals surface area contributed by atoms with E-state index < -0.39 is 0 Å². The number of methoxy groups -OCH3 is 1. The van der Waals surface area contributed by atoms with Crippen molar-refractivity contribution in [2.45, 2.75) is 44.4 Å². The first-order valence-electron chi connectivity index (χ1n) is 6.62. The van der Waals surface area contributed by atoms with Crippen molar-refractivity contribution in [3.63, 3.8) is 0 Å². The molecule has 1 aliphatic carbocycles. The van der Waals surface area contributed by atoms with E-state index in [0.717, 1.165) is 5.75 Å². The Kier molecular flexibility index (Phi) is 3.88. The molecule has 3 heteroatoms. The van der Waals surface area contributed by atoms with Crippen LogP contribution in [0.15, 0.2) is 12.1 Å². The number of hydrogen-bond donors (Lipinski definition) is 1. The minimum atomic E-state index is 0.148. The monoisotopic (exact) mass is 267 g/mol. The second-order valence-electron chi connectivity index (χ2n) is 5.57. The Bertz CT molecular complexity index is 433. The van der Waals surface area contributed by atoms with E-state index in [1.165, 1.54) is 30.4 Å². The molecule has 0 unspecified atom stereocenters. The van der Waals surface area contributed by atoms with Crippen LogP contribution in [0.5, 0.6) is 5.75 Å². The lowest BCUT2D eigenvalue weighted by atomic mass is 9.62. The first-order chi connectivity index (χ1) is 8.54. The van der Waals surface area contributed by atoms with Crippen LogP contribution in [-0.2, 0) is 5.41 Å². The van der Waals surface area contributed by atoms with Gasteiger partial charge in [0.25, 0.3) is 0 Å². The quantitative estimate of drug-likeness (QED) is 0.899. The summed E-state index contributed by atoms with van der Waals surface area (Å²) < 4.78 is 5.33. The lowest BCUT2D eigenvalue weighted by Crippen LogP contribution is -2.42. The molecule has 1 fully saturated rings. The SMILES string of the molecule is COc1cc(C(C)C)c(C2(CN)CCC2)cc1Cl. The van der Waals surface area contributed by atoms with Crippen LogP contribution in [0.2, 0.25) is 5.02 Å². The Morgan fingerprint density at radius 2 is 2.06 bits per heavy atom. The van der Waals surface area contributed by atoms with Gasteiger partial charge in [0.05, 0.1) is 12.1 Å². The molecule has 2 N–H and O–H groups in total. The second-order valence-corrected chi connectivity index (χ2v) is 5.97. The first-order valence-corrected chi connectivity index (χ1v) is 7.00. The summed E-state index contributed by atoms with van der Waals surface area (Å²) in [6, 6.07) is 4.15. The Labute approximate surface area is 114 Å². The molecule has 2 rings (SSSR count). The predicted molar refractivity (Wildman–Crippen MR) is 76.7 cm³/mol. The number of nitrogens with two attached hydrogens (primary N) is 1. The first kappa shape index (κ1) is 13.7. The van der Waals surface area contributed by atoms with Gasteiger partial charge in [0.15, 0.2) is 0 Å². The Morgan fingerprint density at radius 3 is 2.44 bits per heavy atom. The van der Waals surface area contributed by atoms with Crippen LogP contribution in [0.25, 0.3) is 0 Å². The zero-order valence-electron chi connectivity index (χ0n) is 11.4. The highest BCUT2D eigenvalue weighted by Gasteiger charge is 2.39. The summed E-state index contributed by atoms with van der Waals surface area (Å²) in [4.78, 5) is 0. The van der Waals surface area contributed by atoms with Gasteiger partial charge in [0, 0.05) is 12.0 Å². The zero-order valence-corrected chi connectivity index (χ0v) is 12.2. The fourth-order valence-electron chi connectivity index (χ4n) is 2.85. The highest BCUT2D eigenvalue weighted by molar-refractivity contribution is 6.32. The summed E-state index contributed by atoms with van der Waals surface area (Å²) >= 11 is 6.28. The number of benzene rings is 1. The van der Waals surface area contributed by atoms with E-state index in [0.29, 0.717) is 17.5 Å². The maximum absolute atomic E-state index is 6.28. The summed E-state index contributed by atoms with van der Waals surface area (Å²) in [7, 11) is 1.66. The van der Waals surface area contributed by atoms with Gasteiger partial charge < -0.3 is 10.5 Å². The van der Waals surface area contributed by atoms with Gasteiger partial charge in [-0.25, -0.2) is 0 Å². The van der Waals surface area contributed by atoms with E-state index in [9.17, 15) is 0 Å². The second kappa shape index (κ2) is 5.10. The summed E-state index contributed by atoms with van der Waals surface area (Å²) in [5.74, 6) is 1.21. The predicted octanol–water partition coefficient (Wildman–Crippen LogP) is 3.85. The Hall–Kier alpha value is -0.730. The van der Waals surface area contributed by atoms with Gasteiger partial charge in [-0.15, -0.1) is 0 Å². The normalized spacial score (nSPS) is 17.7. The fourth-order valence-corrected chi connectivity index (χ4v) is 3.09. The Balaban J connectivity index is 2.54. The molecule has 1 saturated carbocycles. The topological polar surface area (TPSA) is 35.2 Å². The van der Waals surface area contributed by atoms with Crippen molar-refractivity contribution in [1.82, 2.24) is 0 Å². The van der Waals surface area contributed by atoms with Gasteiger partial charge in [0.1, 0.15) is 5.75 Å². The van der Waals surface area contributed by atoms with Crippen molar-refractivity contribution in [3.8, 4) is 5.75 Å². The van der Waals surface area contributed by atoms with Gasteiger partial charge in [-0.2, -0.15) is 0 Å². The van der Waals surface area contributed by atoms with Crippen molar-refractivity contribution in [3.05, 3.63) is 28.3 Å². The highest BCUT2D eigenvalue weighted by atomic mass is 35.5. The molecule has 0 bridgehead atoms. The standard InChI is InChI=1S/C15H22ClNO/c1-10(2)11-7-14(18-3)13(16)8-12(11)15(9-17)5-4-6-15/h7-8,10H,4-6,9,17H2,1-3H3. The molecular formula is C15H22ClNO. The molecule has 1 aliphatic rings. The van der Waals surface area contributed by atoms with E-state index in [-0.39, 0.29) is 5.41 Å². The van der Waals surface area contributed by atoms with E-state index in [4.69, 9.17) is 22.1 Å². The third kappa shape index (κ3) is 2.12. The van der Waals surface area contributed by atoms with Gasteiger partial charge in [0.2, 0.25) is 0 Å². The minimum absolute atomic E-state index is 0.148. The largest absolute Gasteiger partial charge is 0.495 e. The van der Waals surface area contributed by atoms with Crippen molar-refractivity contribution in [2.24, 2.45) is 5.73 Å². The van der Waals surface area contributed by atoms with E-state index in [1.807, 2.05) is 0 Å². The van der Waals surface area contributed by atoms with Crippen LogP contribution in [0, 0.1) is 0 Å². The van der Waals surface area contributed by atoms with Crippen molar-refractivity contribution in [1.29, 1.82) is 0 Å². The molecule has 0 saturated heterocycles. The Morgan fingerprint density at radius 1 is 1.39 bits per heavy atom. The van der Waals surface area contributed by atoms with Crippen LogP contribution >= 0.6 is 11.6 Å². The molecular weight excluding hydrogens is 246 g/mol. The smallest absolute Gasteiger partial charge is 0.137 e. The maximum atomic E-state index is 6.28. The fraction of sp³-hybridized carbons (Fsp3) is 0.600. The van der Waals surface area contributed by atoms with E-state index in [2.05, 4.69) is 26.0 Å². The van der Waals surface area contributed by atoms with Gasteiger partial charge in [-0.3, -0.25) is 0 Å². The van der Waals surface area contributed by atoms with Crippen LogP contribution in [0.3, 0.4) is 0 Å². The summed E-state index contributed by atoms with van der Waals surface area (Å²) in [5, 5.41) is 0.691. The minimum Gasteiger partial charge on any atom is -0.495 e. The van der Waals surface area contributed by atoms with Crippen LogP contribution in [0.4, 0.5) is 0 Å². The van der Waals surface area contributed by atoms with Gasteiger partial charge in [-0.1, -0.05) is 31.9 Å². The molecule has 0 aliphatic heterocycles. The molecule has 100 valence electrons. The van der Waals surface area contributed by atoms with Crippen molar-refractivity contribution >= 4 is 11.6 Å². The molecule has 0 aromatic heterocycles. The number of halogens is 1. The molecule has 2 nitrogen and oxygen atoms in total. The molecule has 1 aromatic carbocycles. The molecule has 0 atom stereocenters. The number of rotatable bonds is 4. The van der Waals surface area contributed by atoms with Crippen LogP contribution in [0.1, 0.15) is 50.2 Å². The van der Waals surface area contributed by atoms with Gasteiger partial charge in [-0.05, 0) is 42.0 Å².